The lowest BCUT2D eigenvalue weighted by molar-refractivity contribution is 0.0935. The average Bonchev–Trinajstić information content (AvgIpc) is 2.59. The Morgan fingerprint density at radius 2 is 1.83 bits per heavy atom. The molecule has 2 rings (SSSR count). The Morgan fingerprint density at radius 3 is 2.35 bits per heavy atom. The van der Waals surface area contributed by atoms with E-state index in [4.69, 9.17) is 9.47 Å². The standard InChI is InChI=1S/C18H20FNO3/c1-4-16(12-5-8-14(22-2)9-6-12)20-18(21)13-7-10-17(23-3)15(19)11-13/h5-11,16H,4H2,1-3H3,(H,20,21)/t16-/m1/s1. The Labute approximate surface area is 135 Å². The molecule has 0 bridgehead atoms. The lowest BCUT2D eigenvalue weighted by Gasteiger charge is -2.18. The monoisotopic (exact) mass is 317 g/mol. The fraction of sp³-hybridized carbons (Fsp3) is 0.278. The molecule has 0 saturated heterocycles. The first kappa shape index (κ1) is 16.8. The van der Waals surface area contributed by atoms with Gasteiger partial charge in [0.25, 0.3) is 5.91 Å². The maximum atomic E-state index is 13.7. The second-order valence-electron chi connectivity index (χ2n) is 5.06. The minimum Gasteiger partial charge on any atom is -0.497 e. The predicted molar refractivity (Wildman–Crippen MR) is 86.4 cm³/mol. The van der Waals surface area contributed by atoms with Crippen molar-refractivity contribution in [3.8, 4) is 11.5 Å². The van der Waals surface area contributed by atoms with Gasteiger partial charge >= 0.3 is 0 Å². The number of carbonyl (C=O) groups excluding carboxylic acids is 1. The summed E-state index contributed by atoms with van der Waals surface area (Å²) in [6.45, 7) is 1.98. The molecule has 2 aromatic carbocycles. The molecular weight excluding hydrogens is 297 g/mol. The number of carbonyl (C=O) groups is 1. The van der Waals surface area contributed by atoms with Crippen LogP contribution < -0.4 is 14.8 Å². The third-order valence-electron chi connectivity index (χ3n) is 3.65. The zero-order chi connectivity index (χ0) is 16.8. The van der Waals surface area contributed by atoms with E-state index in [1.54, 1.807) is 7.11 Å². The molecule has 0 aliphatic rings. The summed E-state index contributed by atoms with van der Waals surface area (Å²) in [5.74, 6) is -0.0113. The van der Waals surface area contributed by atoms with Crippen LogP contribution >= 0.6 is 0 Å². The molecule has 0 aliphatic carbocycles. The maximum Gasteiger partial charge on any atom is 0.251 e. The third kappa shape index (κ3) is 4.00. The number of amides is 1. The summed E-state index contributed by atoms with van der Waals surface area (Å²) >= 11 is 0. The zero-order valence-corrected chi connectivity index (χ0v) is 13.4. The normalized spacial score (nSPS) is 11.7. The molecular formula is C18H20FNO3. The predicted octanol–water partition coefficient (Wildman–Crippen LogP) is 3.72. The maximum absolute atomic E-state index is 13.7. The van der Waals surface area contributed by atoms with E-state index in [9.17, 15) is 9.18 Å². The number of methoxy groups -OCH3 is 2. The van der Waals surface area contributed by atoms with Crippen molar-refractivity contribution in [2.75, 3.05) is 14.2 Å². The quantitative estimate of drug-likeness (QED) is 0.883. The van der Waals surface area contributed by atoms with E-state index >= 15 is 0 Å². The van der Waals surface area contributed by atoms with E-state index in [0.29, 0.717) is 0 Å². The van der Waals surface area contributed by atoms with E-state index in [-0.39, 0.29) is 23.3 Å². The Kier molecular flexibility index (Phi) is 5.57. The van der Waals surface area contributed by atoms with Crippen LogP contribution in [0.5, 0.6) is 11.5 Å². The Bertz CT molecular complexity index is 670. The molecule has 0 radical (unpaired) electrons. The second kappa shape index (κ2) is 7.63. The number of benzene rings is 2. The van der Waals surface area contributed by atoms with Gasteiger partial charge in [-0.05, 0) is 42.3 Å². The van der Waals surface area contributed by atoms with Gasteiger partial charge in [0.2, 0.25) is 0 Å². The number of hydrogen-bond donors (Lipinski definition) is 1. The fourth-order valence-corrected chi connectivity index (χ4v) is 2.31. The average molecular weight is 317 g/mol. The molecule has 0 saturated carbocycles. The number of halogens is 1. The summed E-state index contributed by atoms with van der Waals surface area (Å²) in [7, 11) is 2.99. The Hall–Kier alpha value is -2.56. The van der Waals surface area contributed by atoms with Crippen molar-refractivity contribution in [1.29, 1.82) is 0 Å². The van der Waals surface area contributed by atoms with Crippen LogP contribution in [-0.2, 0) is 0 Å². The topological polar surface area (TPSA) is 47.6 Å². The van der Waals surface area contributed by atoms with Gasteiger partial charge in [0.15, 0.2) is 11.6 Å². The van der Waals surface area contributed by atoms with Crippen molar-refractivity contribution in [2.45, 2.75) is 19.4 Å². The summed E-state index contributed by atoms with van der Waals surface area (Å²) in [6.07, 6.45) is 0.719. The van der Waals surface area contributed by atoms with Gasteiger partial charge in [0.05, 0.1) is 20.3 Å². The van der Waals surface area contributed by atoms with Crippen molar-refractivity contribution >= 4 is 5.91 Å². The third-order valence-corrected chi connectivity index (χ3v) is 3.65. The molecule has 0 aliphatic heterocycles. The molecule has 1 N–H and O–H groups in total. The van der Waals surface area contributed by atoms with E-state index in [0.717, 1.165) is 17.7 Å². The van der Waals surface area contributed by atoms with Crippen molar-refractivity contribution in [1.82, 2.24) is 5.32 Å². The molecule has 0 spiro atoms. The Morgan fingerprint density at radius 1 is 1.13 bits per heavy atom. The molecule has 0 heterocycles. The summed E-state index contributed by atoms with van der Waals surface area (Å²) in [6, 6.07) is 11.5. The van der Waals surface area contributed by atoms with Gasteiger partial charge in [-0.2, -0.15) is 0 Å². The van der Waals surface area contributed by atoms with Crippen LogP contribution in [0.1, 0.15) is 35.3 Å². The van der Waals surface area contributed by atoms with Crippen molar-refractivity contribution < 1.29 is 18.7 Å². The van der Waals surface area contributed by atoms with Crippen LogP contribution in [0, 0.1) is 5.82 Å². The van der Waals surface area contributed by atoms with Crippen molar-refractivity contribution in [2.24, 2.45) is 0 Å². The van der Waals surface area contributed by atoms with E-state index in [2.05, 4.69) is 5.32 Å². The van der Waals surface area contributed by atoms with Gasteiger partial charge in [0.1, 0.15) is 5.75 Å². The van der Waals surface area contributed by atoms with Crippen LogP contribution in [-0.4, -0.2) is 20.1 Å². The van der Waals surface area contributed by atoms with Gasteiger partial charge in [-0.25, -0.2) is 4.39 Å². The van der Waals surface area contributed by atoms with Gasteiger partial charge in [-0.1, -0.05) is 19.1 Å². The highest BCUT2D eigenvalue weighted by Gasteiger charge is 2.15. The minimum atomic E-state index is -0.558. The van der Waals surface area contributed by atoms with Crippen LogP contribution in [0.3, 0.4) is 0 Å². The van der Waals surface area contributed by atoms with E-state index in [1.165, 1.54) is 25.3 Å². The van der Waals surface area contributed by atoms with Crippen LogP contribution in [0.25, 0.3) is 0 Å². The fourth-order valence-electron chi connectivity index (χ4n) is 2.31. The number of hydrogen-bond acceptors (Lipinski definition) is 3. The molecule has 5 heteroatoms. The molecule has 0 unspecified atom stereocenters. The molecule has 2 aromatic rings. The van der Waals surface area contributed by atoms with Gasteiger partial charge in [-0.15, -0.1) is 0 Å². The number of rotatable bonds is 6. The van der Waals surface area contributed by atoms with E-state index < -0.39 is 5.82 Å². The molecule has 122 valence electrons. The van der Waals surface area contributed by atoms with Crippen molar-refractivity contribution in [3.05, 3.63) is 59.4 Å². The van der Waals surface area contributed by atoms with E-state index in [1.807, 2.05) is 31.2 Å². The first-order valence-electron chi connectivity index (χ1n) is 7.37. The largest absolute Gasteiger partial charge is 0.497 e. The zero-order valence-electron chi connectivity index (χ0n) is 13.4. The molecule has 1 amide bonds. The first-order chi connectivity index (χ1) is 11.1. The second-order valence-corrected chi connectivity index (χ2v) is 5.06. The van der Waals surface area contributed by atoms with Crippen LogP contribution in [0.2, 0.25) is 0 Å². The van der Waals surface area contributed by atoms with Gasteiger partial charge in [-0.3, -0.25) is 4.79 Å². The number of ether oxygens (including phenoxy) is 2. The summed E-state index contributed by atoms with van der Waals surface area (Å²) in [4.78, 5) is 12.3. The minimum absolute atomic E-state index is 0.115. The van der Waals surface area contributed by atoms with Gasteiger partial charge in [0, 0.05) is 5.56 Å². The molecule has 4 nitrogen and oxygen atoms in total. The number of nitrogens with one attached hydrogen (secondary N) is 1. The molecule has 0 fully saturated rings. The lowest BCUT2D eigenvalue weighted by atomic mass is 10.0. The molecule has 23 heavy (non-hydrogen) atoms. The highest BCUT2D eigenvalue weighted by molar-refractivity contribution is 5.94. The highest BCUT2D eigenvalue weighted by Crippen LogP contribution is 2.22. The summed E-state index contributed by atoms with van der Waals surface area (Å²) in [5.41, 5.74) is 1.23. The molecule has 0 aromatic heterocycles. The van der Waals surface area contributed by atoms with Crippen LogP contribution in [0.15, 0.2) is 42.5 Å². The summed E-state index contributed by atoms with van der Waals surface area (Å²) in [5, 5.41) is 2.91. The smallest absolute Gasteiger partial charge is 0.251 e. The van der Waals surface area contributed by atoms with Crippen LogP contribution in [0.4, 0.5) is 4.39 Å². The molecule has 1 atom stereocenters. The van der Waals surface area contributed by atoms with Gasteiger partial charge < -0.3 is 14.8 Å². The van der Waals surface area contributed by atoms with Crippen molar-refractivity contribution in [3.63, 3.8) is 0 Å². The summed E-state index contributed by atoms with van der Waals surface area (Å²) < 4.78 is 23.7. The SMILES string of the molecule is CC[C@@H](NC(=O)c1ccc(OC)c(F)c1)c1ccc(OC)cc1. The lowest BCUT2D eigenvalue weighted by Crippen LogP contribution is -2.28. The highest BCUT2D eigenvalue weighted by atomic mass is 19.1. The first-order valence-corrected chi connectivity index (χ1v) is 7.37. The Balaban J connectivity index is 2.14.